The number of para-hydroxylation sites is 1. The van der Waals surface area contributed by atoms with Crippen molar-refractivity contribution in [2.24, 2.45) is 0 Å². The molecule has 10 heteroatoms. The molecule has 2 atom stereocenters. The number of nitrogens with zero attached hydrogens (tertiary/aromatic N) is 2. The van der Waals surface area contributed by atoms with Crippen molar-refractivity contribution in [3.05, 3.63) is 77.9 Å². The number of hydrogen-bond donors (Lipinski definition) is 2. The number of hydrogen-bond acceptors (Lipinski definition) is 7. The summed E-state index contributed by atoms with van der Waals surface area (Å²) in [6, 6.07) is 18.9. The predicted molar refractivity (Wildman–Crippen MR) is 128 cm³/mol. The average molecular weight is 484 g/mol. The first-order valence-electron chi connectivity index (χ1n) is 9.88. The third-order valence-corrected chi connectivity index (χ3v) is 7.00. The second-order valence-electron chi connectivity index (χ2n) is 7.26. The zero-order valence-electron chi connectivity index (χ0n) is 17.8. The Hall–Kier alpha value is -3.34. The summed E-state index contributed by atoms with van der Waals surface area (Å²) < 4.78 is 40.9. The van der Waals surface area contributed by atoms with Crippen LogP contribution in [0, 0.1) is 0 Å². The number of carbonyl (C=O) groups is 1. The van der Waals surface area contributed by atoms with E-state index in [4.69, 9.17) is 9.47 Å². The molecule has 2 unspecified atom stereocenters. The fourth-order valence-corrected chi connectivity index (χ4v) is 4.94. The van der Waals surface area contributed by atoms with Crippen molar-refractivity contribution in [2.45, 2.75) is 11.2 Å². The second-order valence-corrected chi connectivity index (χ2v) is 8.99. The highest BCUT2D eigenvalue weighted by molar-refractivity contribution is 7.81. The van der Waals surface area contributed by atoms with Gasteiger partial charge in [0.25, 0.3) is 5.91 Å². The van der Waals surface area contributed by atoms with Gasteiger partial charge in [0.05, 0.1) is 25.9 Å². The lowest BCUT2D eigenvalue weighted by atomic mass is 9.89. The number of aromatic nitrogens is 2. The number of ether oxygens (including phenoxy) is 2. The topological polar surface area (TPSA) is 111 Å². The van der Waals surface area contributed by atoms with Gasteiger partial charge in [-0.15, -0.1) is 0 Å². The van der Waals surface area contributed by atoms with E-state index in [0.717, 1.165) is 11.7 Å². The van der Waals surface area contributed by atoms with Gasteiger partial charge in [-0.3, -0.25) is 4.79 Å². The van der Waals surface area contributed by atoms with Gasteiger partial charge >= 0.3 is 0 Å². The number of rotatable bonds is 8. The van der Waals surface area contributed by atoms with Gasteiger partial charge in [0.2, 0.25) is 0 Å². The van der Waals surface area contributed by atoms with Crippen LogP contribution in [-0.2, 0) is 27.0 Å². The lowest BCUT2D eigenvalue weighted by Gasteiger charge is -2.30. The monoisotopic (exact) mass is 483 g/mol. The van der Waals surface area contributed by atoms with Gasteiger partial charge in [-0.05, 0) is 47.5 Å². The molecular formula is C23H21N3O5S2. The van der Waals surface area contributed by atoms with E-state index in [1.807, 2.05) is 6.07 Å². The van der Waals surface area contributed by atoms with Crippen molar-refractivity contribution in [1.82, 2.24) is 8.75 Å². The summed E-state index contributed by atoms with van der Waals surface area (Å²) >= 11 is -1.57. The van der Waals surface area contributed by atoms with Crippen LogP contribution in [0.1, 0.15) is 11.1 Å². The van der Waals surface area contributed by atoms with Crippen LogP contribution in [0.2, 0.25) is 0 Å². The number of anilines is 1. The first kappa shape index (κ1) is 22.8. The molecule has 0 aliphatic carbocycles. The first-order valence-corrected chi connectivity index (χ1v) is 11.7. The molecule has 0 saturated heterocycles. The third kappa shape index (κ3) is 4.58. The van der Waals surface area contributed by atoms with E-state index in [1.165, 1.54) is 14.2 Å². The fraction of sp³-hybridized carbons (Fsp3) is 0.174. The lowest BCUT2D eigenvalue weighted by molar-refractivity contribution is -0.118. The summed E-state index contributed by atoms with van der Waals surface area (Å²) in [5, 5.41) is 2.79. The molecule has 33 heavy (non-hydrogen) atoms. The van der Waals surface area contributed by atoms with Crippen molar-refractivity contribution in [1.29, 1.82) is 0 Å². The van der Waals surface area contributed by atoms with Crippen molar-refractivity contribution in [3.63, 3.8) is 0 Å². The Morgan fingerprint density at radius 3 is 2.30 bits per heavy atom. The van der Waals surface area contributed by atoms with E-state index in [-0.39, 0.29) is 6.42 Å². The maximum atomic E-state index is 13.7. The molecule has 0 radical (unpaired) electrons. The number of fused-ring (bicyclic) bond motifs is 1. The van der Waals surface area contributed by atoms with Gasteiger partial charge in [-0.25, -0.2) is 4.21 Å². The Labute approximate surface area is 197 Å². The molecule has 1 amide bonds. The number of carbonyl (C=O) groups excluding carboxylic acids is 1. The first-order chi connectivity index (χ1) is 16.0. The second kappa shape index (κ2) is 9.65. The highest BCUT2D eigenvalue weighted by Crippen LogP contribution is 2.37. The molecule has 170 valence electrons. The van der Waals surface area contributed by atoms with Crippen LogP contribution in [0.3, 0.4) is 0 Å². The summed E-state index contributed by atoms with van der Waals surface area (Å²) in [5.74, 6) is 0.382. The van der Waals surface area contributed by atoms with Crippen molar-refractivity contribution >= 4 is 45.4 Å². The predicted octanol–water partition coefficient (Wildman–Crippen LogP) is 4.01. The minimum Gasteiger partial charge on any atom is -0.497 e. The van der Waals surface area contributed by atoms with Crippen molar-refractivity contribution in [2.75, 3.05) is 19.5 Å². The van der Waals surface area contributed by atoms with E-state index in [9.17, 15) is 13.6 Å². The van der Waals surface area contributed by atoms with Crippen LogP contribution >= 0.6 is 11.7 Å². The Kier molecular flexibility index (Phi) is 6.68. The standard InChI is InChI=1S/C23H21N3O5S2/c1-30-18-10-15(11-19(13-18)31-2)14-23(33(28)29,22(27)24-17-6-4-3-5-7-17)16-8-9-20-21(12-16)26-32-25-20/h3-13H,14H2,1-2H3,(H,24,27)(H,28,29). The lowest BCUT2D eigenvalue weighted by Crippen LogP contribution is -2.46. The highest BCUT2D eigenvalue weighted by atomic mass is 32.2. The van der Waals surface area contributed by atoms with Crippen LogP contribution in [0.25, 0.3) is 11.0 Å². The van der Waals surface area contributed by atoms with E-state index in [0.29, 0.717) is 39.3 Å². The van der Waals surface area contributed by atoms with Gasteiger partial charge in [-0.1, -0.05) is 24.3 Å². The van der Waals surface area contributed by atoms with E-state index in [2.05, 4.69) is 14.1 Å². The molecule has 0 aliphatic heterocycles. The molecule has 4 rings (SSSR count). The molecule has 8 nitrogen and oxygen atoms in total. The summed E-state index contributed by atoms with van der Waals surface area (Å²) in [6.45, 7) is 0. The minimum absolute atomic E-state index is 0.0919. The van der Waals surface area contributed by atoms with Crippen molar-refractivity contribution < 1.29 is 23.0 Å². The van der Waals surface area contributed by atoms with Gasteiger partial charge in [-0.2, -0.15) is 8.75 Å². The van der Waals surface area contributed by atoms with Crippen LogP contribution in [0.4, 0.5) is 5.69 Å². The summed E-state index contributed by atoms with van der Waals surface area (Å²) in [5.41, 5.74) is 2.64. The van der Waals surface area contributed by atoms with Gasteiger partial charge < -0.3 is 19.3 Å². The van der Waals surface area contributed by atoms with Gasteiger partial charge in [0.1, 0.15) is 22.5 Å². The minimum atomic E-state index is -2.60. The quantitative estimate of drug-likeness (QED) is 0.364. The maximum absolute atomic E-state index is 13.7. The molecule has 0 saturated carbocycles. The summed E-state index contributed by atoms with van der Waals surface area (Å²) in [7, 11) is 3.03. The number of methoxy groups -OCH3 is 2. The van der Waals surface area contributed by atoms with Crippen LogP contribution < -0.4 is 14.8 Å². The zero-order valence-corrected chi connectivity index (χ0v) is 19.5. The fourth-order valence-electron chi connectivity index (χ4n) is 3.60. The molecule has 0 aliphatic rings. The van der Waals surface area contributed by atoms with E-state index < -0.39 is 21.7 Å². The van der Waals surface area contributed by atoms with Crippen molar-refractivity contribution in [3.8, 4) is 11.5 Å². The summed E-state index contributed by atoms with van der Waals surface area (Å²) in [4.78, 5) is 13.7. The largest absolute Gasteiger partial charge is 0.497 e. The number of benzene rings is 3. The highest BCUT2D eigenvalue weighted by Gasteiger charge is 2.47. The van der Waals surface area contributed by atoms with Gasteiger partial charge in [0.15, 0.2) is 15.8 Å². The normalized spacial score (nSPS) is 13.8. The Morgan fingerprint density at radius 2 is 1.67 bits per heavy atom. The van der Waals surface area contributed by atoms with Crippen LogP contribution in [0.15, 0.2) is 66.7 Å². The Bertz CT molecular complexity index is 1290. The summed E-state index contributed by atoms with van der Waals surface area (Å²) in [6.07, 6.45) is -0.0919. The van der Waals surface area contributed by atoms with Gasteiger partial charge in [0, 0.05) is 18.2 Å². The van der Waals surface area contributed by atoms with Crippen LogP contribution in [0.5, 0.6) is 11.5 Å². The molecule has 1 aromatic heterocycles. The molecule has 1 heterocycles. The molecule has 2 N–H and O–H groups in total. The third-order valence-electron chi connectivity index (χ3n) is 5.28. The molecule has 0 fully saturated rings. The smallest absolute Gasteiger partial charge is 0.250 e. The SMILES string of the molecule is COc1cc(CC(C(=O)Nc2ccccc2)(c2ccc3nsnc3c2)S(=O)O)cc(OC)c1. The number of nitrogens with one attached hydrogen (secondary N) is 1. The van der Waals surface area contributed by atoms with Crippen LogP contribution in [-0.4, -0.2) is 37.6 Å². The molecular weight excluding hydrogens is 462 g/mol. The molecule has 3 aromatic carbocycles. The molecule has 0 spiro atoms. The van der Waals surface area contributed by atoms with E-state index >= 15 is 0 Å². The molecule has 0 bridgehead atoms. The Balaban J connectivity index is 1.87. The Morgan fingerprint density at radius 1 is 1.00 bits per heavy atom. The number of amides is 1. The zero-order chi connectivity index (χ0) is 23.4. The van der Waals surface area contributed by atoms with E-state index in [1.54, 1.807) is 60.7 Å². The average Bonchev–Trinajstić information content (AvgIpc) is 3.30. The molecule has 4 aromatic rings. The maximum Gasteiger partial charge on any atom is 0.250 e.